The first-order valence-corrected chi connectivity index (χ1v) is 18.0. The Morgan fingerprint density at radius 1 is 1.18 bits per heavy atom. The molecule has 0 saturated carbocycles. The molecule has 2 aromatic heterocycles. The molecule has 0 radical (unpaired) electrons. The maximum atomic E-state index is 14.8. The number of carbonyl (C=O) groups excluding carboxylic acids is 1. The molecule has 0 spiro atoms. The van der Waals surface area contributed by atoms with Gasteiger partial charge in [0.15, 0.2) is 17.4 Å². The first kappa shape index (κ1) is 30.0. The number of hydrogen-bond donors (Lipinski definition) is 3. The van der Waals surface area contributed by atoms with Crippen LogP contribution in [0.25, 0.3) is 11.0 Å². The van der Waals surface area contributed by atoms with E-state index in [4.69, 9.17) is 9.47 Å². The first-order chi connectivity index (χ1) is 17.7. The molecule has 3 N–H and O–H groups in total. The molecule has 2 amide bonds. The molecule has 38 heavy (non-hydrogen) atoms. The number of rotatable bonds is 12. The molecule has 0 aliphatic heterocycles. The highest BCUT2D eigenvalue weighted by molar-refractivity contribution is 9.10. The second-order valence-corrected chi connectivity index (χ2v) is 18.0. The van der Waals surface area contributed by atoms with E-state index in [1.165, 1.54) is 12.3 Å². The number of amides is 2. The Kier molecular flexibility index (Phi) is 9.86. The molecule has 3 rings (SSSR count). The zero-order chi connectivity index (χ0) is 28.1. The second kappa shape index (κ2) is 12.5. The van der Waals surface area contributed by atoms with Crippen molar-refractivity contribution in [1.82, 2.24) is 19.6 Å². The molecule has 0 unspecified atom stereocenters. The molecule has 0 aliphatic carbocycles. The molecular weight excluding hydrogens is 604 g/mol. The molecule has 10 nitrogen and oxygen atoms in total. The Morgan fingerprint density at radius 3 is 2.50 bits per heavy atom. The number of nitrogens with one attached hydrogen (secondary N) is 3. The molecule has 15 heteroatoms. The third-order valence-electron chi connectivity index (χ3n) is 5.14. The van der Waals surface area contributed by atoms with E-state index in [0.29, 0.717) is 22.1 Å². The van der Waals surface area contributed by atoms with Gasteiger partial charge in [0.1, 0.15) is 18.1 Å². The van der Waals surface area contributed by atoms with Crippen molar-refractivity contribution in [1.29, 1.82) is 0 Å². The van der Waals surface area contributed by atoms with Gasteiger partial charge in [-0.05, 0) is 28.0 Å². The number of sulfonamides is 1. The first-order valence-electron chi connectivity index (χ1n) is 11.6. The van der Waals surface area contributed by atoms with Gasteiger partial charge in [-0.1, -0.05) is 19.6 Å². The number of fused-ring (bicyclic) bond motifs is 1. The lowest BCUT2D eigenvalue weighted by atomic mass is 10.2. The van der Waals surface area contributed by atoms with E-state index in [1.54, 1.807) is 10.8 Å². The van der Waals surface area contributed by atoms with Crippen LogP contribution in [0.15, 0.2) is 35.1 Å². The van der Waals surface area contributed by atoms with Crippen molar-refractivity contribution in [3.05, 3.63) is 46.7 Å². The number of nitrogens with zero attached hydrogens (tertiary/aromatic N) is 2. The fourth-order valence-electron chi connectivity index (χ4n) is 3.29. The molecule has 208 valence electrons. The molecule has 0 saturated heterocycles. The summed E-state index contributed by atoms with van der Waals surface area (Å²) in [5.41, 5.74) is 0.368. The van der Waals surface area contributed by atoms with Crippen molar-refractivity contribution < 1.29 is 31.5 Å². The Balaban J connectivity index is 1.70. The second-order valence-electron chi connectivity index (χ2n) is 9.72. The van der Waals surface area contributed by atoms with Gasteiger partial charge in [-0.3, -0.25) is 0 Å². The van der Waals surface area contributed by atoms with Crippen LogP contribution in [0.3, 0.4) is 0 Å². The SMILES string of the molecule is C[Si](C)(C)CCOCn1cc(Br)c2c(Oc3c(F)cc(NC(=O)NCCNS(C)(=O)=O)cc3F)ccnc21. The van der Waals surface area contributed by atoms with E-state index in [0.717, 1.165) is 24.4 Å². The Morgan fingerprint density at radius 2 is 1.87 bits per heavy atom. The maximum absolute atomic E-state index is 14.8. The van der Waals surface area contributed by atoms with Crippen LogP contribution < -0.4 is 20.1 Å². The Bertz CT molecular complexity index is 1390. The number of aromatic nitrogens is 2. The van der Waals surface area contributed by atoms with Crippen molar-refractivity contribution >= 4 is 56.8 Å². The Labute approximate surface area is 229 Å². The predicted molar refractivity (Wildman–Crippen MR) is 148 cm³/mol. The van der Waals surface area contributed by atoms with E-state index in [1.807, 2.05) is 0 Å². The van der Waals surface area contributed by atoms with Crippen molar-refractivity contribution in [2.45, 2.75) is 32.4 Å². The van der Waals surface area contributed by atoms with Crippen LogP contribution in [0.1, 0.15) is 0 Å². The number of pyridine rings is 1. The lowest BCUT2D eigenvalue weighted by molar-refractivity contribution is 0.0898. The fraction of sp³-hybridized carbons (Fsp3) is 0.391. The normalized spacial score (nSPS) is 12.1. The minimum Gasteiger partial charge on any atom is -0.450 e. The van der Waals surface area contributed by atoms with Crippen LogP contribution in [0.5, 0.6) is 11.5 Å². The van der Waals surface area contributed by atoms with E-state index in [-0.39, 0.29) is 31.3 Å². The lowest BCUT2D eigenvalue weighted by Gasteiger charge is -2.15. The van der Waals surface area contributed by atoms with Crippen molar-refractivity contribution in [3.8, 4) is 11.5 Å². The van der Waals surface area contributed by atoms with Crippen molar-refractivity contribution in [2.24, 2.45) is 0 Å². The Hall–Kier alpha value is -2.59. The molecular formula is C23H30BrF2N5O5SSi. The van der Waals surface area contributed by atoms with Gasteiger partial charge >= 0.3 is 6.03 Å². The van der Waals surface area contributed by atoms with Crippen LogP contribution >= 0.6 is 15.9 Å². The molecule has 3 aromatic rings. The quantitative estimate of drug-likeness (QED) is 0.193. The molecule has 0 aliphatic rings. The summed E-state index contributed by atoms with van der Waals surface area (Å²) in [5.74, 6) is -2.53. The maximum Gasteiger partial charge on any atom is 0.319 e. The number of benzene rings is 1. The summed E-state index contributed by atoms with van der Waals surface area (Å²) in [6.07, 6.45) is 4.22. The monoisotopic (exact) mass is 633 g/mol. The van der Waals surface area contributed by atoms with Gasteiger partial charge < -0.3 is 24.7 Å². The summed E-state index contributed by atoms with van der Waals surface area (Å²) < 4.78 is 67.8. The third kappa shape index (κ3) is 8.73. The van der Waals surface area contributed by atoms with Gasteiger partial charge in [0, 0.05) is 62.5 Å². The number of urea groups is 1. The molecule has 2 heterocycles. The fourth-order valence-corrected chi connectivity index (χ4v) is 5.14. The van der Waals surface area contributed by atoms with Gasteiger partial charge in [-0.25, -0.2) is 31.7 Å². The van der Waals surface area contributed by atoms with Crippen LogP contribution in [0.4, 0.5) is 19.3 Å². The van der Waals surface area contributed by atoms with Gasteiger partial charge in [0.25, 0.3) is 0 Å². The zero-order valence-corrected chi connectivity index (χ0v) is 24.8. The van der Waals surface area contributed by atoms with Gasteiger partial charge in [0.2, 0.25) is 10.0 Å². The summed E-state index contributed by atoms with van der Waals surface area (Å²) in [4.78, 5) is 16.3. The van der Waals surface area contributed by atoms with Gasteiger partial charge in [-0.15, -0.1) is 0 Å². The highest BCUT2D eigenvalue weighted by Gasteiger charge is 2.19. The zero-order valence-electron chi connectivity index (χ0n) is 21.4. The number of carbonyl (C=O) groups is 1. The van der Waals surface area contributed by atoms with Crippen LogP contribution in [-0.2, 0) is 21.5 Å². The topological polar surface area (TPSA) is 124 Å². The highest BCUT2D eigenvalue weighted by atomic mass is 79.9. The molecule has 0 bridgehead atoms. The number of ether oxygens (including phenoxy) is 2. The molecule has 1 aromatic carbocycles. The van der Waals surface area contributed by atoms with Crippen LogP contribution in [-0.4, -0.2) is 58.0 Å². The molecule has 0 atom stereocenters. The van der Waals surface area contributed by atoms with Crippen molar-refractivity contribution in [2.75, 3.05) is 31.3 Å². The number of hydrogen-bond acceptors (Lipinski definition) is 6. The smallest absolute Gasteiger partial charge is 0.319 e. The minimum absolute atomic E-state index is 0.0268. The van der Waals surface area contributed by atoms with Gasteiger partial charge in [0.05, 0.1) is 11.6 Å². The van der Waals surface area contributed by atoms with Gasteiger partial charge in [-0.2, -0.15) is 0 Å². The highest BCUT2D eigenvalue weighted by Crippen LogP contribution is 2.37. The minimum atomic E-state index is -3.40. The average molecular weight is 635 g/mol. The summed E-state index contributed by atoms with van der Waals surface area (Å²) >= 11 is 3.47. The average Bonchev–Trinajstić information content (AvgIpc) is 3.12. The largest absolute Gasteiger partial charge is 0.450 e. The standard InChI is InChI=1S/C23H30BrF2N5O5SSi/c1-37(33,34)29-8-7-28-23(32)30-15-11-17(25)21(18(26)12-15)36-19-5-6-27-22-20(19)16(24)13-31(22)14-35-9-10-38(2,3)4/h5-6,11-13,29H,7-10,14H2,1-4H3,(H2,28,30,32). The summed E-state index contributed by atoms with van der Waals surface area (Å²) in [5, 5.41) is 5.19. The van der Waals surface area contributed by atoms with E-state index >= 15 is 0 Å². The summed E-state index contributed by atoms with van der Waals surface area (Å²) in [7, 11) is -4.63. The number of halogens is 3. The third-order valence-corrected chi connectivity index (χ3v) is 8.18. The summed E-state index contributed by atoms with van der Waals surface area (Å²) in [6, 6.07) is 3.57. The van der Waals surface area contributed by atoms with E-state index in [9.17, 15) is 22.0 Å². The molecule has 0 fully saturated rings. The number of anilines is 1. The van der Waals surface area contributed by atoms with Crippen molar-refractivity contribution in [3.63, 3.8) is 0 Å². The van der Waals surface area contributed by atoms with Crippen LogP contribution in [0.2, 0.25) is 25.7 Å². The summed E-state index contributed by atoms with van der Waals surface area (Å²) in [6.45, 7) is 7.61. The van der Waals surface area contributed by atoms with E-state index < -0.39 is 41.5 Å². The van der Waals surface area contributed by atoms with Crippen LogP contribution in [0, 0.1) is 11.6 Å². The van der Waals surface area contributed by atoms with E-state index in [2.05, 4.69) is 55.9 Å². The lowest BCUT2D eigenvalue weighted by Crippen LogP contribution is -2.36. The predicted octanol–water partition coefficient (Wildman–Crippen LogP) is 4.85.